The monoisotopic (exact) mass is 324 g/mol. The lowest BCUT2D eigenvalue weighted by atomic mass is 10.1. The molecular formula is C19H20N2O3. The van der Waals surface area contributed by atoms with Crippen molar-refractivity contribution in [3.8, 4) is 11.5 Å². The summed E-state index contributed by atoms with van der Waals surface area (Å²) < 4.78 is 12.5. The maximum absolute atomic E-state index is 12.4. The van der Waals surface area contributed by atoms with Gasteiger partial charge in [-0.1, -0.05) is 18.2 Å². The predicted molar refractivity (Wildman–Crippen MR) is 94.8 cm³/mol. The van der Waals surface area contributed by atoms with Gasteiger partial charge in [-0.2, -0.15) is 0 Å². The van der Waals surface area contributed by atoms with Gasteiger partial charge in [0.05, 0.1) is 20.6 Å². The zero-order chi connectivity index (χ0) is 17.1. The molecule has 1 heterocycles. The van der Waals surface area contributed by atoms with Crippen LogP contribution in [0.25, 0.3) is 10.9 Å². The maximum Gasteiger partial charge on any atom is 0.228 e. The highest BCUT2D eigenvalue weighted by atomic mass is 16.5. The molecule has 0 atom stereocenters. The van der Waals surface area contributed by atoms with Gasteiger partial charge in [0.25, 0.3) is 0 Å². The molecule has 1 aromatic heterocycles. The number of carbonyl (C=O) groups excluding carboxylic acids is 1. The van der Waals surface area contributed by atoms with Gasteiger partial charge in [-0.3, -0.25) is 4.79 Å². The van der Waals surface area contributed by atoms with Crippen LogP contribution in [0.2, 0.25) is 0 Å². The second-order valence-electron chi connectivity index (χ2n) is 5.58. The molecule has 5 nitrogen and oxygen atoms in total. The third-order valence-corrected chi connectivity index (χ3v) is 4.00. The molecule has 0 spiro atoms. The molecule has 0 radical (unpaired) electrons. The van der Waals surface area contributed by atoms with E-state index in [1.807, 2.05) is 42.1 Å². The number of anilines is 1. The Morgan fingerprint density at radius 3 is 2.58 bits per heavy atom. The van der Waals surface area contributed by atoms with Crippen LogP contribution < -0.4 is 14.8 Å². The zero-order valence-corrected chi connectivity index (χ0v) is 14.0. The highest BCUT2D eigenvalue weighted by Gasteiger charge is 2.12. The maximum atomic E-state index is 12.4. The summed E-state index contributed by atoms with van der Waals surface area (Å²) in [6.45, 7) is 0. The molecule has 2 aromatic carbocycles. The van der Waals surface area contributed by atoms with Crippen LogP contribution in [-0.2, 0) is 18.3 Å². The number of aryl methyl sites for hydroxylation is 1. The molecule has 1 N–H and O–H groups in total. The number of methoxy groups -OCH3 is 2. The summed E-state index contributed by atoms with van der Waals surface area (Å²) in [6, 6.07) is 13.4. The third kappa shape index (κ3) is 3.06. The molecule has 0 aliphatic carbocycles. The number of amides is 1. The normalized spacial score (nSPS) is 10.6. The first-order valence-electron chi connectivity index (χ1n) is 7.67. The molecule has 124 valence electrons. The van der Waals surface area contributed by atoms with Crippen molar-refractivity contribution < 1.29 is 14.3 Å². The van der Waals surface area contributed by atoms with E-state index in [-0.39, 0.29) is 5.91 Å². The molecule has 5 heteroatoms. The Hall–Kier alpha value is -2.95. The summed E-state index contributed by atoms with van der Waals surface area (Å²) in [7, 11) is 5.13. The average Bonchev–Trinajstić information content (AvgIpc) is 2.91. The third-order valence-electron chi connectivity index (χ3n) is 4.00. The van der Waals surface area contributed by atoms with Crippen LogP contribution in [0, 0.1) is 0 Å². The molecule has 3 aromatic rings. The lowest BCUT2D eigenvalue weighted by molar-refractivity contribution is -0.115. The Morgan fingerprint density at radius 1 is 1.08 bits per heavy atom. The van der Waals surface area contributed by atoms with Gasteiger partial charge < -0.3 is 19.4 Å². The first-order chi connectivity index (χ1) is 11.6. The Morgan fingerprint density at radius 2 is 1.83 bits per heavy atom. The standard InChI is InChI=1S/C19H20N2O3/c1-21-12-13(15-6-4-5-7-16(15)21)10-19(22)20-14-8-9-17(23-2)18(11-14)24-3/h4-9,11-12H,10H2,1-3H3,(H,20,22). The number of nitrogens with zero attached hydrogens (tertiary/aromatic N) is 1. The van der Waals surface area contributed by atoms with Gasteiger partial charge in [0.15, 0.2) is 11.5 Å². The molecule has 3 rings (SSSR count). The number of nitrogens with one attached hydrogen (secondary N) is 1. The Balaban J connectivity index is 1.78. The van der Waals surface area contributed by atoms with Crippen LogP contribution in [0.1, 0.15) is 5.56 Å². The van der Waals surface area contributed by atoms with E-state index in [0.29, 0.717) is 23.6 Å². The molecule has 1 amide bonds. The largest absolute Gasteiger partial charge is 0.493 e. The SMILES string of the molecule is COc1ccc(NC(=O)Cc2cn(C)c3ccccc23)cc1OC. The Labute approximate surface area is 140 Å². The fourth-order valence-electron chi connectivity index (χ4n) is 2.86. The first-order valence-corrected chi connectivity index (χ1v) is 7.67. The average molecular weight is 324 g/mol. The van der Waals surface area contributed by atoms with Gasteiger partial charge in [0.1, 0.15) is 0 Å². The van der Waals surface area contributed by atoms with E-state index >= 15 is 0 Å². The van der Waals surface area contributed by atoms with Gasteiger partial charge >= 0.3 is 0 Å². The Bertz CT molecular complexity index is 883. The molecular weight excluding hydrogens is 304 g/mol. The topological polar surface area (TPSA) is 52.5 Å². The number of benzene rings is 2. The number of fused-ring (bicyclic) bond motifs is 1. The van der Waals surface area contributed by atoms with Crippen molar-refractivity contribution in [3.05, 3.63) is 54.2 Å². The molecule has 0 saturated heterocycles. The summed E-state index contributed by atoms with van der Waals surface area (Å²) in [6.07, 6.45) is 2.31. The number of carbonyl (C=O) groups is 1. The van der Waals surface area contributed by atoms with E-state index in [1.54, 1.807) is 32.4 Å². The molecule has 0 fully saturated rings. The number of para-hydroxylation sites is 1. The van der Waals surface area contributed by atoms with E-state index < -0.39 is 0 Å². The number of hydrogen-bond acceptors (Lipinski definition) is 3. The molecule has 0 saturated carbocycles. The lowest BCUT2D eigenvalue weighted by Crippen LogP contribution is -2.14. The van der Waals surface area contributed by atoms with Crippen LogP contribution in [-0.4, -0.2) is 24.7 Å². The fraction of sp³-hybridized carbons (Fsp3) is 0.211. The van der Waals surface area contributed by atoms with E-state index in [4.69, 9.17) is 9.47 Å². The van der Waals surface area contributed by atoms with Crippen LogP contribution in [0.5, 0.6) is 11.5 Å². The van der Waals surface area contributed by atoms with E-state index in [1.165, 1.54) is 0 Å². The molecule has 0 unspecified atom stereocenters. The summed E-state index contributed by atoms with van der Waals surface area (Å²) in [4.78, 5) is 12.4. The van der Waals surface area contributed by atoms with Crippen LogP contribution in [0.15, 0.2) is 48.7 Å². The van der Waals surface area contributed by atoms with Crippen LogP contribution in [0.3, 0.4) is 0 Å². The number of aromatic nitrogens is 1. The highest BCUT2D eigenvalue weighted by Crippen LogP contribution is 2.30. The number of rotatable bonds is 5. The minimum Gasteiger partial charge on any atom is -0.493 e. The summed E-state index contributed by atoms with van der Waals surface area (Å²) >= 11 is 0. The van der Waals surface area contributed by atoms with Crippen molar-refractivity contribution >= 4 is 22.5 Å². The van der Waals surface area contributed by atoms with Gasteiger partial charge in [0.2, 0.25) is 5.91 Å². The van der Waals surface area contributed by atoms with Crippen molar-refractivity contribution in [3.63, 3.8) is 0 Å². The molecule has 0 aliphatic heterocycles. The predicted octanol–water partition coefficient (Wildman–Crippen LogP) is 3.38. The van der Waals surface area contributed by atoms with Gasteiger partial charge in [-0.25, -0.2) is 0 Å². The molecule has 0 aliphatic rings. The highest BCUT2D eigenvalue weighted by molar-refractivity contribution is 5.96. The second-order valence-corrected chi connectivity index (χ2v) is 5.58. The molecule has 0 bridgehead atoms. The van der Waals surface area contributed by atoms with E-state index in [0.717, 1.165) is 16.5 Å². The van der Waals surface area contributed by atoms with Crippen molar-refractivity contribution in [2.75, 3.05) is 19.5 Å². The zero-order valence-electron chi connectivity index (χ0n) is 14.0. The van der Waals surface area contributed by atoms with Crippen molar-refractivity contribution in [1.29, 1.82) is 0 Å². The van der Waals surface area contributed by atoms with Crippen molar-refractivity contribution in [2.45, 2.75) is 6.42 Å². The van der Waals surface area contributed by atoms with Crippen LogP contribution in [0.4, 0.5) is 5.69 Å². The molecule has 24 heavy (non-hydrogen) atoms. The van der Waals surface area contributed by atoms with Crippen molar-refractivity contribution in [1.82, 2.24) is 4.57 Å². The van der Waals surface area contributed by atoms with E-state index in [9.17, 15) is 4.79 Å². The van der Waals surface area contributed by atoms with Gasteiger partial charge in [-0.15, -0.1) is 0 Å². The number of ether oxygens (including phenoxy) is 2. The smallest absolute Gasteiger partial charge is 0.228 e. The quantitative estimate of drug-likeness (QED) is 0.783. The summed E-state index contributed by atoms with van der Waals surface area (Å²) in [5.74, 6) is 1.14. The first kappa shape index (κ1) is 15.9. The minimum atomic E-state index is -0.0708. The van der Waals surface area contributed by atoms with Crippen LogP contribution >= 0.6 is 0 Å². The lowest BCUT2D eigenvalue weighted by Gasteiger charge is -2.10. The van der Waals surface area contributed by atoms with Crippen molar-refractivity contribution in [2.24, 2.45) is 7.05 Å². The fourth-order valence-corrected chi connectivity index (χ4v) is 2.86. The summed E-state index contributed by atoms with van der Waals surface area (Å²) in [5.41, 5.74) is 2.80. The second kappa shape index (κ2) is 6.66. The number of hydrogen-bond donors (Lipinski definition) is 1. The minimum absolute atomic E-state index is 0.0708. The van der Waals surface area contributed by atoms with Gasteiger partial charge in [0, 0.05) is 35.9 Å². The summed E-state index contributed by atoms with van der Waals surface area (Å²) in [5, 5.41) is 4.01. The van der Waals surface area contributed by atoms with Gasteiger partial charge in [-0.05, 0) is 23.8 Å². The van der Waals surface area contributed by atoms with E-state index in [2.05, 4.69) is 5.32 Å². The Kier molecular flexibility index (Phi) is 4.42.